The van der Waals surface area contributed by atoms with E-state index in [9.17, 15) is 17.2 Å². The molecule has 106 valence electrons. The smallest absolute Gasteiger partial charge is 0.341 e. The third-order valence-corrected chi connectivity index (χ3v) is 4.37. The molecule has 4 nitrogen and oxygen atoms in total. The SMILES string of the molecule is O=S(=O)(c1ccc(NCC2CCCO2)cc1)C(F)F. The number of sulfone groups is 1. The minimum Gasteiger partial charge on any atom is -0.382 e. The van der Waals surface area contributed by atoms with Gasteiger partial charge in [0.15, 0.2) is 0 Å². The second kappa shape index (κ2) is 5.83. The van der Waals surface area contributed by atoms with Crippen molar-refractivity contribution in [3.05, 3.63) is 24.3 Å². The number of alkyl halides is 2. The highest BCUT2D eigenvalue weighted by Gasteiger charge is 2.26. The zero-order chi connectivity index (χ0) is 13.9. The van der Waals surface area contributed by atoms with Crippen molar-refractivity contribution in [2.75, 3.05) is 18.5 Å². The van der Waals surface area contributed by atoms with Crippen LogP contribution in [0.4, 0.5) is 14.5 Å². The average Bonchev–Trinajstić information content (AvgIpc) is 2.90. The summed E-state index contributed by atoms with van der Waals surface area (Å²) in [6, 6.07) is 5.31. The van der Waals surface area contributed by atoms with Gasteiger partial charge >= 0.3 is 5.76 Å². The van der Waals surface area contributed by atoms with Gasteiger partial charge in [0.1, 0.15) is 0 Å². The molecule has 1 aliphatic heterocycles. The second-order valence-corrected chi connectivity index (χ2v) is 6.26. The average molecular weight is 291 g/mol. The van der Waals surface area contributed by atoms with E-state index in [-0.39, 0.29) is 11.0 Å². The Morgan fingerprint density at radius 3 is 2.53 bits per heavy atom. The topological polar surface area (TPSA) is 55.4 Å². The van der Waals surface area contributed by atoms with Gasteiger partial charge in [-0.25, -0.2) is 8.42 Å². The summed E-state index contributed by atoms with van der Waals surface area (Å²) in [5.74, 6) is -3.39. The van der Waals surface area contributed by atoms with E-state index in [2.05, 4.69) is 5.32 Å². The van der Waals surface area contributed by atoms with E-state index < -0.39 is 15.6 Å². The van der Waals surface area contributed by atoms with E-state index in [0.717, 1.165) is 19.4 Å². The van der Waals surface area contributed by atoms with Crippen molar-refractivity contribution >= 4 is 15.5 Å². The minimum atomic E-state index is -4.51. The molecule has 0 aliphatic carbocycles. The molecular formula is C12H15F2NO3S. The Kier molecular flexibility index (Phi) is 4.36. The maximum atomic E-state index is 12.3. The third kappa shape index (κ3) is 3.42. The van der Waals surface area contributed by atoms with Crippen molar-refractivity contribution in [1.82, 2.24) is 0 Å². The Labute approximate surface area is 110 Å². The molecule has 1 aromatic rings. The number of nitrogens with one attached hydrogen (secondary N) is 1. The first-order valence-electron chi connectivity index (χ1n) is 5.98. The number of hydrogen-bond acceptors (Lipinski definition) is 4. The lowest BCUT2D eigenvalue weighted by Gasteiger charge is -2.12. The molecule has 1 unspecified atom stereocenters. The lowest BCUT2D eigenvalue weighted by atomic mass is 10.2. The van der Waals surface area contributed by atoms with E-state index in [1.54, 1.807) is 0 Å². The van der Waals surface area contributed by atoms with Crippen LogP contribution in [0.1, 0.15) is 12.8 Å². The van der Waals surface area contributed by atoms with Gasteiger partial charge in [-0.2, -0.15) is 8.78 Å². The summed E-state index contributed by atoms with van der Waals surface area (Å²) in [7, 11) is -4.51. The first-order valence-corrected chi connectivity index (χ1v) is 7.52. The molecule has 1 aliphatic rings. The summed E-state index contributed by atoms with van der Waals surface area (Å²) in [4.78, 5) is -0.370. The van der Waals surface area contributed by atoms with Gasteiger partial charge in [0, 0.05) is 18.8 Å². The van der Waals surface area contributed by atoms with Crippen LogP contribution in [0.15, 0.2) is 29.2 Å². The molecule has 1 N–H and O–H groups in total. The lowest BCUT2D eigenvalue weighted by molar-refractivity contribution is 0.120. The number of benzene rings is 1. The van der Waals surface area contributed by atoms with Gasteiger partial charge < -0.3 is 10.1 Å². The number of rotatable bonds is 5. The maximum absolute atomic E-state index is 12.3. The summed E-state index contributed by atoms with van der Waals surface area (Å²) < 4.78 is 52.5. The van der Waals surface area contributed by atoms with Crippen molar-refractivity contribution in [1.29, 1.82) is 0 Å². The molecule has 0 radical (unpaired) electrons. The number of ether oxygens (including phenoxy) is 1. The van der Waals surface area contributed by atoms with Crippen LogP contribution in [0.5, 0.6) is 0 Å². The molecule has 1 atom stereocenters. The summed E-state index contributed by atoms with van der Waals surface area (Å²) in [6.45, 7) is 1.39. The molecule has 2 rings (SSSR count). The van der Waals surface area contributed by atoms with Crippen LogP contribution < -0.4 is 5.32 Å². The van der Waals surface area contributed by atoms with Crippen molar-refractivity contribution in [2.45, 2.75) is 29.6 Å². The standard InChI is InChI=1S/C12H15F2NO3S/c13-12(14)19(16,17)11-5-3-9(4-6-11)15-8-10-2-1-7-18-10/h3-6,10,12,15H,1-2,7-8H2. The van der Waals surface area contributed by atoms with E-state index in [1.165, 1.54) is 24.3 Å². The van der Waals surface area contributed by atoms with Crippen molar-refractivity contribution in [3.8, 4) is 0 Å². The monoisotopic (exact) mass is 291 g/mol. The predicted octanol–water partition coefficient (Wildman–Crippen LogP) is 2.27. The first kappa shape index (κ1) is 14.2. The van der Waals surface area contributed by atoms with Gasteiger partial charge in [0.25, 0.3) is 0 Å². The van der Waals surface area contributed by atoms with Crippen molar-refractivity contribution < 1.29 is 21.9 Å². The Balaban J connectivity index is 1.98. The van der Waals surface area contributed by atoms with E-state index in [0.29, 0.717) is 12.2 Å². The molecule has 19 heavy (non-hydrogen) atoms. The molecule has 1 heterocycles. The fourth-order valence-electron chi connectivity index (χ4n) is 1.90. The highest BCUT2D eigenvalue weighted by Crippen LogP contribution is 2.20. The fraction of sp³-hybridized carbons (Fsp3) is 0.500. The summed E-state index contributed by atoms with van der Waals surface area (Å²) >= 11 is 0. The van der Waals surface area contributed by atoms with Crippen LogP contribution in [-0.4, -0.2) is 33.4 Å². The van der Waals surface area contributed by atoms with Gasteiger partial charge in [-0.05, 0) is 37.1 Å². The highest BCUT2D eigenvalue weighted by molar-refractivity contribution is 7.91. The maximum Gasteiger partial charge on any atom is 0.341 e. The summed E-state index contributed by atoms with van der Waals surface area (Å²) in [5, 5.41) is 3.09. The fourth-order valence-corrected chi connectivity index (χ4v) is 2.62. The molecule has 0 saturated carbocycles. The Bertz CT molecular complexity index is 510. The second-order valence-electron chi connectivity index (χ2n) is 4.35. The Morgan fingerprint density at radius 2 is 2.00 bits per heavy atom. The van der Waals surface area contributed by atoms with Gasteiger partial charge in [-0.3, -0.25) is 0 Å². The number of anilines is 1. The predicted molar refractivity (Wildman–Crippen MR) is 67.1 cm³/mol. The van der Waals surface area contributed by atoms with Gasteiger partial charge in [0.05, 0.1) is 11.0 Å². The van der Waals surface area contributed by atoms with Crippen molar-refractivity contribution in [3.63, 3.8) is 0 Å². The van der Waals surface area contributed by atoms with Crippen LogP contribution in [0, 0.1) is 0 Å². The first-order chi connectivity index (χ1) is 9.00. The van der Waals surface area contributed by atoms with Gasteiger partial charge in [0.2, 0.25) is 9.84 Å². The molecule has 7 heteroatoms. The molecule has 0 amide bonds. The molecule has 1 aromatic carbocycles. The molecule has 0 aromatic heterocycles. The summed E-state index contributed by atoms with van der Waals surface area (Å²) in [6.07, 6.45) is 2.19. The zero-order valence-electron chi connectivity index (χ0n) is 10.2. The largest absolute Gasteiger partial charge is 0.382 e. The Morgan fingerprint density at radius 1 is 1.32 bits per heavy atom. The molecule has 1 saturated heterocycles. The van der Waals surface area contributed by atoms with Crippen LogP contribution in [0.2, 0.25) is 0 Å². The number of halogens is 2. The van der Waals surface area contributed by atoms with Crippen LogP contribution in [0.25, 0.3) is 0 Å². The zero-order valence-corrected chi connectivity index (χ0v) is 11.0. The minimum absolute atomic E-state index is 0.157. The quantitative estimate of drug-likeness (QED) is 0.904. The summed E-state index contributed by atoms with van der Waals surface area (Å²) in [5.41, 5.74) is 0.684. The van der Waals surface area contributed by atoms with Crippen LogP contribution >= 0.6 is 0 Å². The molecular weight excluding hydrogens is 276 g/mol. The van der Waals surface area contributed by atoms with E-state index in [4.69, 9.17) is 4.74 Å². The molecule has 1 fully saturated rings. The molecule has 0 bridgehead atoms. The normalized spacial score (nSPS) is 19.8. The Hall–Kier alpha value is -1.21. The van der Waals surface area contributed by atoms with Gasteiger partial charge in [-0.1, -0.05) is 0 Å². The van der Waals surface area contributed by atoms with Crippen LogP contribution in [0.3, 0.4) is 0 Å². The van der Waals surface area contributed by atoms with E-state index in [1.807, 2.05) is 0 Å². The third-order valence-electron chi connectivity index (χ3n) is 2.98. The van der Waals surface area contributed by atoms with Crippen molar-refractivity contribution in [2.24, 2.45) is 0 Å². The lowest BCUT2D eigenvalue weighted by Crippen LogP contribution is -2.18. The highest BCUT2D eigenvalue weighted by atomic mass is 32.2. The number of hydrogen-bond donors (Lipinski definition) is 1. The van der Waals surface area contributed by atoms with Gasteiger partial charge in [-0.15, -0.1) is 0 Å². The van der Waals surface area contributed by atoms with E-state index >= 15 is 0 Å². The molecule has 0 spiro atoms. The van der Waals surface area contributed by atoms with Crippen LogP contribution in [-0.2, 0) is 14.6 Å².